The van der Waals surface area contributed by atoms with Crippen LogP contribution < -0.4 is 11.1 Å². The molecule has 4 heteroatoms. The van der Waals surface area contributed by atoms with Gasteiger partial charge in [-0.3, -0.25) is 0 Å². The Kier molecular flexibility index (Phi) is 3.56. The van der Waals surface area contributed by atoms with Crippen molar-refractivity contribution in [1.82, 2.24) is 10.2 Å². The zero-order valence-corrected chi connectivity index (χ0v) is 11.4. The minimum atomic E-state index is 0.0107. The van der Waals surface area contributed by atoms with Gasteiger partial charge >= 0.3 is 6.03 Å². The number of nitrogens with one attached hydrogen (secondary N) is 1. The molecule has 0 radical (unpaired) electrons. The molecular weight excluding hydrogens is 250 g/mol. The number of benzene rings is 2. The van der Waals surface area contributed by atoms with E-state index in [0.29, 0.717) is 6.54 Å². The van der Waals surface area contributed by atoms with Gasteiger partial charge in [0, 0.05) is 13.1 Å². The van der Waals surface area contributed by atoms with Crippen molar-refractivity contribution in [3.8, 4) is 0 Å². The predicted molar refractivity (Wildman–Crippen MR) is 80.5 cm³/mol. The summed E-state index contributed by atoms with van der Waals surface area (Å²) in [6.07, 6.45) is 0.845. The first-order valence-corrected chi connectivity index (χ1v) is 7.02. The fourth-order valence-corrected chi connectivity index (χ4v) is 2.68. The average Bonchev–Trinajstić information content (AvgIpc) is 2.86. The topological polar surface area (TPSA) is 58.4 Å². The maximum Gasteiger partial charge on any atom is 0.318 e. The Labute approximate surface area is 118 Å². The van der Waals surface area contributed by atoms with Crippen LogP contribution in [0.1, 0.15) is 18.0 Å². The van der Waals surface area contributed by atoms with E-state index in [0.717, 1.165) is 25.1 Å². The number of nitrogens with two attached hydrogens (primary N) is 1. The highest BCUT2D eigenvalue weighted by Crippen LogP contribution is 2.24. The molecule has 1 aliphatic heterocycles. The largest absolute Gasteiger partial charge is 0.330 e. The lowest BCUT2D eigenvalue weighted by molar-refractivity contribution is 0.217. The molecule has 1 heterocycles. The molecule has 3 N–H and O–H groups in total. The molecular formula is C16H19N3O. The van der Waals surface area contributed by atoms with Gasteiger partial charge in [0.25, 0.3) is 0 Å². The highest BCUT2D eigenvalue weighted by Gasteiger charge is 2.29. The number of hydrogen-bond donors (Lipinski definition) is 2. The highest BCUT2D eigenvalue weighted by atomic mass is 16.2. The van der Waals surface area contributed by atoms with E-state index in [1.54, 1.807) is 0 Å². The number of rotatable bonds is 4. The maximum atomic E-state index is 11.9. The van der Waals surface area contributed by atoms with Crippen LogP contribution >= 0.6 is 0 Å². The number of amides is 2. The molecule has 20 heavy (non-hydrogen) atoms. The third-order valence-corrected chi connectivity index (χ3v) is 3.80. The van der Waals surface area contributed by atoms with Crippen LogP contribution in [0.5, 0.6) is 0 Å². The number of hydrogen-bond acceptors (Lipinski definition) is 2. The number of carbonyl (C=O) groups excluding carboxylic acids is 1. The SMILES string of the molecule is NCCCN1CC(c2ccc3ccccc3c2)NC1=O. The van der Waals surface area contributed by atoms with Crippen LogP contribution in [-0.2, 0) is 0 Å². The van der Waals surface area contributed by atoms with E-state index < -0.39 is 0 Å². The molecule has 0 saturated carbocycles. The van der Waals surface area contributed by atoms with Gasteiger partial charge in [-0.2, -0.15) is 0 Å². The molecule has 0 bridgehead atoms. The Bertz CT molecular complexity index is 626. The number of carbonyl (C=O) groups is 1. The minimum Gasteiger partial charge on any atom is -0.330 e. The fraction of sp³-hybridized carbons (Fsp3) is 0.312. The second-order valence-electron chi connectivity index (χ2n) is 5.20. The van der Waals surface area contributed by atoms with Gasteiger partial charge in [0.2, 0.25) is 0 Å². The second kappa shape index (κ2) is 5.51. The lowest BCUT2D eigenvalue weighted by Gasteiger charge is -2.14. The van der Waals surface area contributed by atoms with Gasteiger partial charge in [0.1, 0.15) is 0 Å². The summed E-state index contributed by atoms with van der Waals surface area (Å²) < 4.78 is 0. The van der Waals surface area contributed by atoms with Crippen molar-refractivity contribution in [2.75, 3.05) is 19.6 Å². The molecule has 1 fully saturated rings. The van der Waals surface area contributed by atoms with Crippen molar-refractivity contribution in [3.63, 3.8) is 0 Å². The first kappa shape index (κ1) is 12.9. The van der Waals surface area contributed by atoms with Crippen molar-refractivity contribution in [1.29, 1.82) is 0 Å². The summed E-state index contributed by atoms with van der Waals surface area (Å²) in [7, 11) is 0. The van der Waals surface area contributed by atoms with Crippen molar-refractivity contribution in [2.45, 2.75) is 12.5 Å². The first-order chi connectivity index (χ1) is 9.78. The molecule has 1 unspecified atom stereocenters. The van der Waals surface area contributed by atoms with Crippen LogP contribution in [0, 0.1) is 0 Å². The van der Waals surface area contributed by atoms with Gasteiger partial charge < -0.3 is 16.0 Å². The van der Waals surface area contributed by atoms with Crippen molar-refractivity contribution in [2.24, 2.45) is 5.73 Å². The Morgan fingerprint density at radius 2 is 2.00 bits per heavy atom. The summed E-state index contributed by atoms with van der Waals surface area (Å²) in [6, 6.07) is 14.7. The van der Waals surface area contributed by atoms with Gasteiger partial charge in [0.15, 0.2) is 0 Å². The summed E-state index contributed by atoms with van der Waals surface area (Å²) in [5.41, 5.74) is 6.66. The summed E-state index contributed by atoms with van der Waals surface area (Å²) in [5.74, 6) is 0. The molecule has 2 aromatic carbocycles. The molecule has 2 aromatic rings. The van der Waals surface area contributed by atoms with Gasteiger partial charge in [0.05, 0.1) is 6.04 Å². The number of fused-ring (bicyclic) bond motifs is 1. The Balaban J connectivity index is 1.80. The second-order valence-corrected chi connectivity index (χ2v) is 5.20. The quantitative estimate of drug-likeness (QED) is 0.894. The zero-order valence-electron chi connectivity index (χ0n) is 11.4. The van der Waals surface area contributed by atoms with Crippen molar-refractivity contribution >= 4 is 16.8 Å². The van der Waals surface area contributed by atoms with Gasteiger partial charge in [-0.25, -0.2) is 4.79 Å². The van der Waals surface area contributed by atoms with E-state index in [4.69, 9.17) is 5.73 Å². The van der Waals surface area contributed by atoms with Crippen LogP contribution in [0.3, 0.4) is 0 Å². The molecule has 1 saturated heterocycles. The molecule has 1 atom stereocenters. The molecule has 3 rings (SSSR count). The Hall–Kier alpha value is -2.07. The highest BCUT2D eigenvalue weighted by molar-refractivity contribution is 5.84. The van der Waals surface area contributed by atoms with Crippen LogP contribution in [0.25, 0.3) is 10.8 Å². The van der Waals surface area contributed by atoms with Crippen molar-refractivity contribution in [3.05, 3.63) is 48.0 Å². The Morgan fingerprint density at radius 3 is 2.80 bits per heavy atom. The lowest BCUT2D eigenvalue weighted by atomic mass is 10.0. The van der Waals surface area contributed by atoms with E-state index in [1.165, 1.54) is 10.8 Å². The lowest BCUT2D eigenvalue weighted by Crippen LogP contribution is -2.30. The molecule has 0 aromatic heterocycles. The molecule has 0 spiro atoms. The summed E-state index contributed by atoms with van der Waals surface area (Å²) in [5, 5.41) is 5.47. The van der Waals surface area contributed by atoms with E-state index in [1.807, 2.05) is 17.0 Å². The van der Waals surface area contributed by atoms with Crippen LogP contribution in [0.15, 0.2) is 42.5 Å². The fourth-order valence-electron chi connectivity index (χ4n) is 2.68. The Morgan fingerprint density at radius 1 is 1.20 bits per heavy atom. The van der Waals surface area contributed by atoms with E-state index in [9.17, 15) is 4.79 Å². The molecule has 0 aliphatic carbocycles. The van der Waals surface area contributed by atoms with Gasteiger partial charge in [-0.05, 0) is 35.4 Å². The third kappa shape index (κ3) is 2.47. The van der Waals surface area contributed by atoms with Crippen LogP contribution in [-0.4, -0.2) is 30.6 Å². The van der Waals surface area contributed by atoms with Gasteiger partial charge in [-0.1, -0.05) is 36.4 Å². The molecule has 2 amide bonds. The monoisotopic (exact) mass is 269 g/mol. The van der Waals surface area contributed by atoms with Crippen LogP contribution in [0.2, 0.25) is 0 Å². The molecule has 1 aliphatic rings. The first-order valence-electron chi connectivity index (χ1n) is 7.02. The zero-order chi connectivity index (χ0) is 13.9. The smallest absolute Gasteiger partial charge is 0.318 e. The third-order valence-electron chi connectivity index (χ3n) is 3.80. The number of urea groups is 1. The van der Waals surface area contributed by atoms with E-state index >= 15 is 0 Å². The molecule has 104 valence electrons. The standard InChI is InChI=1S/C16H19N3O/c17-8-3-9-19-11-15(18-16(19)20)14-7-6-12-4-1-2-5-13(12)10-14/h1-2,4-7,10,15H,3,8-9,11,17H2,(H,18,20). The molecule has 4 nitrogen and oxygen atoms in total. The number of nitrogens with zero attached hydrogens (tertiary/aromatic N) is 1. The summed E-state index contributed by atoms with van der Waals surface area (Å²) in [4.78, 5) is 13.7. The van der Waals surface area contributed by atoms with Gasteiger partial charge in [-0.15, -0.1) is 0 Å². The minimum absolute atomic E-state index is 0.0107. The average molecular weight is 269 g/mol. The maximum absolute atomic E-state index is 11.9. The van der Waals surface area contributed by atoms with E-state index in [-0.39, 0.29) is 12.1 Å². The van der Waals surface area contributed by atoms with Crippen molar-refractivity contribution < 1.29 is 4.79 Å². The normalized spacial score (nSPS) is 18.6. The summed E-state index contributed by atoms with van der Waals surface area (Å²) in [6.45, 7) is 2.06. The predicted octanol–water partition coefficient (Wildman–Crippen LogP) is 2.25. The van der Waals surface area contributed by atoms with Crippen LogP contribution in [0.4, 0.5) is 4.79 Å². The van der Waals surface area contributed by atoms with E-state index in [2.05, 4.69) is 35.6 Å². The summed E-state index contributed by atoms with van der Waals surface area (Å²) >= 11 is 0.